The largest absolute Gasteiger partial charge is 0.391 e. The zero-order valence-electron chi connectivity index (χ0n) is 14.0. The van der Waals surface area contributed by atoms with E-state index in [0.29, 0.717) is 17.2 Å². The minimum atomic E-state index is -4.16. The molecule has 0 unspecified atom stereocenters. The van der Waals surface area contributed by atoms with Crippen molar-refractivity contribution in [1.29, 1.82) is 0 Å². The maximum Gasteiger partial charge on any atom is 0.391 e. The molecule has 0 atom stereocenters. The SMILES string of the molecule is O=C(Nc1ccccc1)Nc1cccnc1N1CCC(C(F)(F)F)CC1. The molecule has 0 bridgehead atoms. The number of carbonyl (C=O) groups is 1. The number of alkyl halides is 3. The second-order valence-electron chi connectivity index (χ2n) is 6.12. The summed E-state index contributed by atoms with van der Waals surface area (Å²) in [5.74, 6) is -0.795. The van der Waals surface area contributed by atoms with E-state index in [-0.39, 0.29) is 25.9 Å². The fourth-order valence-electron chi connectivity index (χ4n) is 2.97. The van der Waals surface area contributed by atoms with E-state index in [1.54, 1.807) is 47.5 Å². The summed E-state index contributed by atoms with van der Waals surface area (Å²) in [5.41, 5.74) is 1.10. The Morgan fingerprint density at radius 3 is 2.38 bits per heavy atom. The van der Waals surface area contributed by atoms with Gasteiger partial charge in [-0.05, 0) is 37.1 Å². The lowest BCUT2D eigenvalue weighted by molar-refractivity contribution is -0.179. The van der Waals surface area contributed by atoms with Crippen LogP contribution in [0, 0.1) is 5.92 Å². The van der Waals surface area contributed by atoms with Gasteiger partial charge >= 0.3 is 12.2 Å². The van der Waals surface area contributed by atoms with Crippen LogP contribution < -0.4 is 15.5 Å². The first kappa shape index (κ1) is 18.0. The molecular weight excluding hydrogens is 345 g/mol. The van der Waals surface area contributed by atoms with Crippen molar-refractivity contribution in [1.82, 2.24) is 4.98 Å². The molecule has 1 aliphatic heterocycles. The zero-order valence-corrected chi connectivity index (χ0v) is 14.0. The van der Waals surface area contributed by atoms with Crippen molar-refractivity contribution in [2.24, 2.45) is 5.92 Å². The number of anilines is 3. The summed E-state index contributed by atoms with van der Waals surface area (Å²) in [5, 5.41) is 5.42. The Kier molecular flexibility index (Phi) is 5.29. The Bertz CT molecular complexity index is 744. The number of benzene rings is 1. The molecule has 1 aromatic carbocycles. The van der Waals surface area contributed by atoms with Gasteiger partial charge in [0.15, 0.2) is 5.82 Å². The molecule has 1 fully saturated rings. The Morgan fingerprint density at radius 1 is 1.04 bits per heavy atom. The molecule has 2 amide bonds. The average Bonchev–Trinajstić information content (AvgIpc) is 2.62. The molecule has 8 heteroatoms. The third kappa shape index (κ3) is 4.44. The minimum absolute atomic E-state index is 0.0235. The van der Waals surface area contributed by atoms with E-state index < -0.39 is 18.1 Å². The molecule has 0 radical (unpaired) electrons. The van der Waals surface area contributed by atoms with Gasteiger partial charge in [-0.25, -0.2) is 9.78 Å². The Hall–Kier alpha value is -2.77. The Labute approximate surface area is 149 Å². The van der Waals surface area contributed by atoms with Crippen LogP contribution in [-0.2, 0) is 0 Å². The maximum atomic E-state index is 12.8. The molecule has 138 valence electrons. The number of halogens is 3. The van der Waals surface area contributed by atoms with E-state index in [0.717, 1.165) is 0 Å². The van der Waals surface area contributed by atoms with Crippen molar-refractivity contribution < 1.29 is 18.0 Å². The first-order chi connectivity index (χ1) is 12.4. The van der Waals surface area contributed by atoms with Crippen molar-refractivity contribution in [3.05, 3.63) is 48.7 Å². The van der Waals surface area contributed by atoms with Gasteiger partial charge in [-0.3, -0.25) is 0 Å². The number of carbonyl (C=O) groups excluding carboxylic acids is 1. The smallest absolute Gasteiger partial charge is 0.355 e. The van der Waals surface area contributed by atoms with Gasteiger partial charge in [0.1, 0.15) is 0 Å². The number of pyridine rings is 1. The highest BCUT2D eigenvalue weighted by Gasteiger charge is 2.41. The number of piperidine rings is 1. The highest BCUT2D eigenvalue weighted by molar-refractivity contribution is 6.01. The first-order valence-corrected chi connectivity index (χ1v) is 8.33. The Morgan fingerprint density at radius 2 is 1.73 bits per heavy atom. The number of para-hydroxylation sites is 1. The van der Waals surface area contributed by atoms with E-state index >= 15 is 0 Å². The van der Waals surface area contributed by atoms with Gasteiger partial charge in [-0.2, -0.15) is 13.2 Å². The number of nitrogens with zero attached hydrogens (tertiary/aromatic N) is 2. The number of amides is 2. The fraction of sp³-hybridized carbons (Fsp3) is 0.333. The lowest BCUT2D eigenvalue weighted by atomic mass is 9.96. The monoisotopic (exact) mass is 364 g/mol. The van der Waals surface area contributed by atoms with Crippen molar-refractivity contribution in [2.45, 2.75) is 19.0 Å². The second-order valence-corrected chi connectivity index (χ2v) is 6.12. The van der Waals surface area contributed by atoms with Crippen molar-refractivity contribution >= 4 is 23.2 Å². The normalized spacial score (nSPS) is 15.6. The Balaban J connectivity index is 1.66. The minimum Gasteiger partial charge on any atom is -0.355 e. The van der Waals surface area contributed by atoms with Crippen LogP contribution in [0.15, 0.2) is 48.7 Å². The van der Waals surface area contributed by atoms with Crippen LogP contribution in [0.5, 0.6) is 0 Å². The van der Waals surface area contributed by atoms with E-state index in [9.17, 15) is 18.0 Å². The molecule has 1 aliphatic rings. The highest BCUT2D eigenvalue weighted by Crippen LogP contribution is 2.36. The van der Waals surface area contributed by atoms with Gasteiger partial charge in [-0.15, -0.1) is 0 Å². The number of nitrogens with one attached hydrogen (secondary N) is 2. The number of aromatic nitrogens is 1. The third-order valence-corrected chi connectivity index (χ3v) is 4.32. The van der Waals surface area contributed by atoms with Crippen LogP contribution in [0.1, 0.15) is 12.8 Å². The fourth-order valence-corrected chi connectivity index (χ4v) is 2.97. The summed E-state index contributed by atoms with van der Waals surface area (Å²) in [7, 11) is 0. The van der Waals surface area contributed by atoms with Gasteiger partial charge in [-0.1, -0.05) is 18.2 Å². The summed E-state index contributed by atoms with van der Waals surface area (Å²) in [6.07, 6.45) is -2.55. The lowest BCUT2D eigenvalue weighted by Gasteiger charge is -2.34. The number of hydrogen-bond acceptors (Lipinski definition) is 3. The molecule has 0 spiro atoms. The molecule has 0 aliphatic carbocycles. The van der Waals surface area contributed by atoms with Crippen LogP contribution in [-0.4, -0.2) is 30.3 Å². The van der Waals surface area contributed by atoms with E-state index in [1.807, 2.05) is 6.07 Å². The van der Waals surface area contributed by atoms with E-state index in [4.69, 9.17) is 0 Å². The maximum absolute atomic E-state index is 12.8. The lowest BCUT2D eigenvalue weighted by Crippen LogP contribution is -2.39. The van der Waals surface area contributed by atoms with Crippen LogP contribution in [0.2, 0.25) is 0 Å². The second kappa shape index (κ2) is 7.63. The molecule has 5 nitrogen and oxygen atoms in total. The van der Waals surface area contributed by atoms with Gasteiger partial charge in [0.2, 0.25) is 0 Å². The molecular formula is C18H19F3N4O. The summed E-state index contributed by atoms with van der Waals surface area (Å²) >= 11 is 0. The molecule has 1 saturated heterocycles. The molecule has 3 rings (SSSR count). The van der Waals surface area contributed by atoms with Crippen molar-refractivity contribution in [3.8, 4) is 0 Å². The summed E-state index contributed by atoms with van der Waals surface area (Å²) in [6, 6.07) is 11.9. The standard InChI is InChI=1S/C18H19F3N4O/c19-18(20,21)13-8-11-25(12-9-13)16-15(7-4-10-22-16)24-17(26)23-14-5-2-1-3-6-14/h1-7,10,13H,8-9,11-12H2,(H2,23,24,26). The molecule has 0 saturated carbocycles. The molecule has 26 heavy (non-hydrogen) atoms. The molecule has 2 heterocycles. The van der Waals surface area contributed by atoms with Gasteiger partial charge in [0, 0.05) is 25.0 Å². The molecule has 2 aromatic rings. The van der Waals surface area contributed by atoms with Gasteiger partial charge in [0.05, 0.1) is 11.6 Å². The number of hydrogen-bond donors (Lipinski definition) is 2. The number of rotatable bonds is 3. The predicted molar refractivity (Wildman–Crippen MR) is 94.3 cm³/mol. The van der Waals surface area contributed by atoms with Crippen molar-refractivity contribution in [2.75, 3.05) is 28.6 Å². The van der Waals surface area contributed by atoms with Crippen LogP contribution >= 0.6 is 0 Å². The van der Waals surface area contributed by atoms with E-state index in [2.05, 4.69) is 15.6 Å². The highest BCUT2D eigenvalue weighted by atomic mass is 19.4. The van der Waals surface area contributed by atoms with Crippen LogP contribution in [0.3, 0.4) is 0 Å². The predicted octanol–water partition coefficient (Wildman–Crippen LogP) is 4.50. The average molecular weight is 364 g/mol. The molecule has 1 aromatic heterocycles. The van der Waals surface area contributed by atoms with E-state index in [1.165, 1.54) is 0 Å². The van der Waals surface area contributed by atoms with Crippen LogP contribution in [0.4, 0.5) is 35.2 Å². The third-order valence-electron chi connectivity index (χ3n) is 4.32. The summed E-state index contributed by atoms with van der Waals surface area (Å²) in [4.78, 5) is 18.2. The quantitative estimate of drug-likeness (QED) is 0.843. The van der Waals surface area contributed by atoms with Crippen molar-refractivity contribution in [3.63, 3.8) is 0 Å². The van der Waals surface area contributed by atoms with Gasteiger partial charge in [0.25, 0.3) is 0 Å². The number of urea groups is 1. The summed E-state index contributed by atoms with van der Waals surface area (Å²) in [6.45, 7) is 0.492. The molecule has 2 N–H and O–H groups in total. The van der Waals surface area contributed by atoms with Gasteiger partial charge < -0.3 is 15.5 Å². The summed E-state index contributed by atoms with van der Waals surface area (Å²) < 4.78 is 38.5. The topological polar surface area (TPSA) is 57.3 Å². The van der Waals surface area contributed by atoms with Crippen LogP contribution in [0.25, 0.3) is 0 Å². The first-order valence-electron chi connectivity index (χ1n) is 8.33. The zero-order chi connectivity index (χ0) is 18.6.